The van der Waals surface area contributed by atoms with Crippen molar-refractivity contribution < 1.29 is 14.7 Å². The van der Waals surface area contributed by atoms with Gasteiger partial charge in [-0.1, -0.05) is 24.3 Å². The second kappa shape index (κ2) is 8.52. The molecule has 1 aromatic rings. The van der Waals surface area contributed by atoms with Gasteiger partial charge in [0.2, 0.25) is 0 Å². The first-order valence-corrected chi connectivity index (χ1v) is 10.7. The summed E-state index contributed by atoms with van der Waals surface area (Å²) in [6.45, 7) is 2.83. The van der Waals surface area contributed by atoms with Gasteiger partial charge in [0.05, 0.1) is 12.0 Å². The molecule has 6 nitrogen and oxygen atoms in total. The van der Waals surface area contributed by atoms with Crippen LogP contribution in [0.15, 0.2) is 24.3 Å². The summed E-state index contributed by atoms with van der Waals surface area (Å²) in [5, 5.41) is 15.7. The molecular formula is C22H31N3O3. The second-order valence-corrected chi connectivity index (χ2v) is 8.50. The number of carbonyl (C=O) groups is 2. The maximum atomic E-state index is 12.5. The van der Waals surface area contributed by atoms with E-state index in [1.54, 1.807) is 0 Å². The Hall–Kier alpha value is -2.08. The number of hydrogen-bond donors (Lipinski definition) is 3. The Morgan fingerprint density at radius 1 is 0.964 bits per heavy atom. The molecule has 3 N–H and O–H groups in total. The molecule has 152 valence electrons. The van der Waals surface area contributed by atoms with Crippen LogP contribution in [0.4, 0.5) is 4.79 Å². The average Bonchev–Trinajstić information content (AvgIpc) is 2.92. The Morgan fingerprint density at radius 2 is 1.68 bits per heavy atom. The highest BCUT2D eigenvalue weighted by molar-refractivity contribution is 5.78. The highest BCUT2D eigenvalue weighted by Gasteiger charge is 2.39. The van der Waals surface area contributed by atoms with Gasteiger partial charge in [0.25, 0.3) is 0 Å². The molecule has 2 aliphatic heterocycles. The molecule has 1 saturated carbocycles. The minimum absolute atomic E-state index is 0.0114. The van der Waals surface area contributed by atoms with Crippen LogP contribution in [0.1, 0.15) is 68.0 Å². The number of amides is 2. The van der Waals surface area contributed by atoms with Crippen LogP contribution in [0.25, 0.3) is 0 Å². The zero-order valence-corrected chi connectivity index (χ0v) is 16.4. The quantitative estimate of drug-likeness (QED) is 0.743. The number of carbonyl (C=O) groups excluding carboxylic acids is 1. The van der Waals surface area contributed by atoms with Crippen molar-refractivity contribution in [2.45, 2.75) is 62.9 Å². The first kappa shape index (κ1) is 19.2. The van der Waals surface area contributed by atoms with Crippen LogP contribution in [0.2, 0.25) is 0 Å². The van der Waals surface area contributed by atoms with Crippen LogP contribution in [-0.2, 0) is 4.79 Å². The number of urea groups is 1. The van der Waals surface area contributed by atoms with Gasteiger partial charge in [-0.25, -0.2) is 4.79 Å². The van der Waals surface area contributed by atoms with E-state index in [0.29, 0.717) is 25.3 Å². The lowest BCUT2D eigenvalue weighted by atomic mass is 9.84. The summed E-state index contributed by atoms with van der Waals surface area (Å²) in [5.41, 5.74) is 2.58. The third-order valence-corrected chi connectivity index (χ3v) is 6.82. The highest BCUT2D eigenvalue weighted by Crippen LogP contribution is 2.36. The van der Waals surface area contributed by atoms with Crippen LogP contribution >= 0.6 is 0 Å². The van der Waals surface area contributed by atoms with Gasteiger partial charge in [0.1, 0.15) is 0 Å². The molecule has 28 heavy (non-hydrogen) atoms. The number of carboxylic acids is 1. The lowest BCUT2D eigenvalue weighted by Crippen LogP contribution is -2.42. The van der Waals surface area contributed by atoms with E-state index in [1.807, 2.05) is 4.90 Å². The molecule has 2 amide bonds. The van der Waals surface area contributed by atoms with E-state index in [4.69, 9.17) is 0 Å². The van der Waals surface area contributed by atoms with Gasteiger partial charge in [0.15, 0.2) is 0 Å². The lowest BCUT2D eigenvalue weighted by molar-refractivity contribution is -0.143. The molecular weight excluding hydrogens is 354 g/mol. The van der Waals surface area contributed by atoms with Gasteiger partial charge < -0.3 is 20.6 Å². The fourth-order valence-electron chi connectivity index (χ4n) is 5.16. The molecule has 6 heteroatoms. The van der Waals surface area contributed by atoms with Gasteiger partial charge in [0, 0.05) is 12.6 Å². The molecule has 2 heterocycles. The van der Waals surface area contributed by atoms with Crippen LogP contribution in [0.3, 0.4) is 0 Å². The van der Waals surface area contributed by atoms with Crippen molar-refractivity contribution in [3.63, 3.8) is 0 Å². The predicted molar refractivity (Wildman–Crippen MR) is 107 cm³/mol. The maximum Gasteiger partial charge on any atom is 0.318 e. The second-order valence-electron chi connectivity index (χ2n) is 8.50. The lowest BCUT2D eigenvalue weighted by Gasteiger charge is -2.36. The summed E-state index contributed by atoms with van der Waals surface area (Å²) in [5.74, 6) is -0.339. The molecule has 0 spiro atoms. The maximum absolute atomic E-state index is 12.5. The van der Waals surface area contributed by atoms with Crippen molar-refractivity contribution in [3.05, 3.63) is 35.4 Å². The summed E-state index contributed by atoms with van der Waals surface area (Å²) in [6.07, 6.45) is 6.50. The fourth-order valence-corrected chi connectivity index (χ4v) is 5.16. The molecule has 4 rings (SSSR count). The van der Waals surface area contributed by atoms with Crippen LogP contribution in [0, 0.1) is 5.92 Å². The van der Waals surface area contributed by atoms with Gasteiger partial charge in [-0.15, -0.1) is 0 Å². The number of nitrogens with one attached hydrogen (secondary N) is 2. The average molecular weight is 386 g/mol. The third-order valence-electron chi connectivity index (χ3n) is 6.82. The van der Waals surface area contributed by atoms with E-state index < -0.39 is 5.97 Å². The van der Waals surface area contributed by atoms with Crippen LogP contribution in [-0.4, -0.2) is 47.7 Å². The Balaban J connectivity index is 1.45. The molecule has 1 aromatic carbocycles. The van der Waals surface area contributed by atoms with Crippen LogP contribution < -0.4 is 10.6 Å². The number of hydrogen-bond acceptors (Lipinski definition) is 3. The van der Waals surface area contributed by atoms with Gasteiger partial charge in [-0.05, 0) is 75.1 Å². The molecule has 0 radical (unpaired) electrons. The number of nitrogens with zero attached hydrogens (tertiary/aromatic N) is 1. The van der Waals surface area contributed by atoms with Crippen molar-refractivity contribution in [3.8, 4) is 0 Å². The van der Waals surface area contributed by atoms with E-state index in [2.05, 4.69) is 34.9 Å². The first-order chi connectivity index (χ1) is 13.6. The van der Waals surface area contributed by atoms with Crippen molar-refractivity contribution in [2.75, 3.05) is 19.6 Å². The summed E-state index contributed by atoms with van der Waals surface area (Å²) in [4.78, 5) is 25.7. The molecule has 3 fully saturated rings. The Kier molecular flexibility index (Phi) is 5.85. The van der Waals surface area contributed by atoms with Crippen molar-refractivity contribution in [2.24, 2.45) is 5.92 Å². The molecule has 0 bridgehead atoms. The fraction of sp³-hybridized carbons (Fsp3) is 0.636. The Bertz CT molecular complexity index is 689. The van der Waals surface area contributed by atoms with E-state index >= 15 is 0 Å². The normalized spacial score (nSPS) is 31.3. The van der Waals surface area contributed by atoms with Crippen LogP contribution in [0.5, 0.6) is 0 Å². The van der Waals surface area contributed by atoms with Gasteiger partial charge in [-0.3, -0.25) is 4.79 Å². The topological polar surface area (TPSA) is 81.7 Å². The number of benzene rings is 1. The largest absolute Gasteiger partial charge is 0.481 e. The number of aliphatic carboxylic acids is 1. The summed E-state index contributed by atoms with van der Waals surface area (Å²) >= 11 is 0. The monoisotopic (exact) mass is 385 g/mol. The SMILES string of the molecule is O=C1NCC(c2ccc(C3CCCNCC3)cc2)N1[C@H]1CC[C@H](C(=O)O)CC1. The number of carboxylic acid groups (broad SMARTS) is 1. The Labute approximate surface area is 166 Å². The van der Waals surface area contributed by atoms with Crippen molar-refractivity contribution in [1.29, 1.82) is 0 Å². The molecule has 0 aromatic heterocycles. The zero-order valence-electron chi connectivity index (χ0n) is 16.4. The molecule has 2 saturated heterocycles. The minimum atomic E-state index is -0.704. The van der Waals surface area contributed by atoms with Gasteiger partial charge in [-0.2, -0.15) is 0 Å². The van der Waals surface area contributed by atoms with E-state index in [1.165, 1.54) is 30.4 Å². The number of rotatable bonds is 4. The minimum Gasteiger partial charge on any atom is -0.481 e. The standard InChI is InChI=1S/C22H31N3O3/c26-21(27)18-7-9-19(10-8-18)25-20(14-24-22(25)28)17-5-3-16(4-6-17)15-2-1-12-23-13-11-15/h3-6,15,18-20,23H,1-2,7-14H2,(H,24,28)(H,26,27)/t15?,18-,19-,20?. The molecule has 3 aliphatic rings. The summed E-state index contributed by atoms with van der Waals surface area (Å²) in [6, 6.07) is 9.03. The predicted octanol–water partition coefficient (Wildman–Crippen LogP) is 3.25. The summed E-state index contributed by atoms with van der Waals surface area (Å²) in [7, 11) is 0. The van der Waals surface area contributed by atoms with Crippen molar-refractivity contribution in [1.82, 2.24) is 15.5 Å². The first-order valence-electron chi connectivity index (χ1n) is 10.7. The third kappa shape index (κ3) is 4.02. The van der Waals surface area contributed by atoms with E-state index in [-0.39, 0.29) is 24.0 Å². The molecule has 2 unspecified atom stereocenters. The smallest absolute Gasteiger partial charge is 0.318 e. The summed E-state index contributed by atoms with van der Waals surface area (Å²) < 4.78 is 0. The van der Waals surface area contributed by atoms with E-state index in [9.17, 15) is 14.7 Å². The molecule has 1 aliphatic carbocycles. The zero-order chi connectivity index (χ0) is 19.5. The Morgan fingerprint density at radius 3 is 2.39 bits per heavy atom. The highest BCUT2D eigenvalue weighted by atomic mass is 16.4. The van der Waals surface area contributed by atoms with Gasteiger partial charge >= 0.3 is 12.0 Å². The van der Waals surface area contributed by atoms with Crippen molar-refractivity contribution >= 4 is 12.0 Å². The molecule has 2 atom stereocenters. The van der Waals surface area contributed by atoms with E-state index in [0.717, 1.165) is 25.9 Å².